The van der Waals surface area contributed by atoms with E-state index in [1.807, 2.05) is 24.4 Å². The molecule has 38 heavy (non-hydrogen) atoms. The van der Waals surface area contributed by atoms with Crippen LogP contribution in [0.15, 0.2) is 48.7 Å². The van der Waals surface area contributed by atoms with Gasteiger partial charge in [-0.05, 0) is 72.6 Å². The number of halogens is 1. The summed E-state index contributed by atoms with van der Waals surface area (Å²) in [4.78, 5) is 48.1. The minimum atomic E-state index is -0.726. The fraction of sp³-hybridized carbons (Fsp3) is 0.379. The normalized spacial score (nSPS) is 23.6. The van der Waals surface area contributed by atoms with Gasteiger partial charge < -0.3 is 20.5 Å². The minimum Gasteiger partial charge on any atom is -0.349 e. The summed E-state index contributed by atoms with van der Waals surface area (Å²) in [5.74, 6) is -0.862. The number of nitrogens with zero attached hydrogens (tertiary/aromatic N) is 2. The standard InChI is InChI=1S/C29H30FN5O3/c1-16-15-35(29(38)22-8-9-24(32-28(22)37)17-4-6-19(30)7-5-17)13-11-20(16)23-14-25(34-27(36)18-2-3-18)33-26-21(23)10-12-31-26/h4-7,10-12,14,16,18,22,24H,2-3,8-9,13,15H2,1H3,(H,32,37)(H2,31,33,34,36). The Hall–Kier alpha value is -4.01. The quantitative estimate of drug-likeness (QED) is 0.443. The molecule has 4 heterocycles. The van der Waals surface area contributed by atoms with E-state index in [0.29, 0.717) is 37.4 Å². The predicted octanol–water partition coefficient (Wildman–Crippen LogP) is 4.18. The molecule has 3 N–H and O–H groups in total. The van der Waals surface area contributed by atoms with E-state index in [1.54, 1.807) is 17.0 Å². The van der Waals surface area contributed by atoms with Gasteiger partial charge in [-0.1, -0.05) is 25.1 Å². The van der Waals surface area contributed by atoms with E-state index >= 15 is 0 Å². The van der Waals surface area contributed by atoms with Gasteiger partial charge in [0.2, 0.25) is 17.7 Å². The van der Waals surface area contributed by atoms with E-state index in [-0.39, 0.29) is 41.4 Å². The van der Waals surface area contributed by atoms with Crippen molar-refractivity contribution in [3.8, 4) is 0 Å². The highest BCUT2D eigenvalue weighted by molar-refractivity contribution is 6.02. The van der Waals surface area contributed by atoms with Crippen LogP contribution in [-0.2, 0) is 14.4 Å². The number of anilines is 1. The second-order valence-electron chi connectivity index (χ2n) is 10.6. The van der Waals surface area contributed by atoms with Gasteiger partial charge in [-0.3, -0.25) is 14.4 Å². The van der Waals surface area contributed by atoms with Crippen LogP contribution in [0.25, 0.3) is 16.6 Å². The van der Waals surface area contributed by atoms with Gasteiger partial charge in [0.1, 0.15) is 23.2 Å². The van der Waals surface area contributed by atoms with Crippen molar-refractivity contribution < 1.29 is 18.8 Å². The molecule has 3 aromatic rings. The number of H-pyrrole nitrogens is 1. The summed E-state index contributed by atoms with van der Waals surface area (Å²) >= 11 is 0. The lowest BCUT2D eigenvalue weighted by Gasteiger charge is -2.36. The second kappa shape index (κ2) is 9.70. The molecule has 0 spiro atoms. The van der Waals surface area contributed by atoms with Gasteiger partial charge in [-0.2, -0.15) is 0 Å². The number of amides is 3. The second-order valence-corrected chi connectivity index (χ2v) is 10.6. The Bertz CT molecular complexity index is 1440. The molecule has 0 radical (unpaired) electrons. The lowest BCUT2D eigenvalue weighted by Crippen LogP contribution is -2.49. The lowest BCUT2D eigenvalue weighted by atomic mass is 9.86. The molecule has 1 aromatic carbocycles. The number of aromatic nitrogens is 2. The molecule has 0 bridgehead atoms. The molecule has 6 rings (SSSR count). The molecule has 2 aliphatic heterocycles. The third kappa shape index (κ3) is 4.68. The van der Waals surface area contributed by atoms with Crippen molar-refractivity contribution in [1.29, 1.82) is 0 Å². The van der Waals surface area contributed by atoms with Crippen molar-refractivity contribution in [3.63, 3.8) is 0 Å². The maximum atomic E-state index is 13.4. The summed E-state index contributed by atoms with van der Waals surface area (Å²) in [6.45, 7) is 2.97. The Morgan fingerprint density at radius 2 is 1.89 bits per heavy atom. The van der Waals surface area contributed by atoms with Crippen molar-refractivity contribution in [2.75, 3.05) is 18.4 Å². The molecule has 1 aliphatic carbocycles. The molecule has 9 heteroatoms. The van der Waals surface area contributed by atoms with Gasteiger partial charge in [0.25, 0.3) is 0 Å². The maximum absolute atomic E-state index is 13.4. The SMILES string of the molecule is CC1CN(C(=O)C2CCC(c3ccc(F)cc3)NC2=O)CC=C1c1cc(NC(=O)C2CC2)nc2[nH]ccc12. The van der Waals surface area contributed by atoms with Gasteiger partial charge in [0.15, 0.2) is 0 Å². The van der Waals surface area contributed by atoms with Crippen LogP contribution in [0.4, 0.5) is 10.2 Å². The molecule has 2 fully saturated rings. The number of carbonyl (C=O) groups is 3. The fourth-order valence-electron chi connectivity index (χ4n) is 5.59. The summed E-state index contributed by atoms with van der Waals surface area (Å²) in [5, 5.41) is 6.86. The molecule has 196 valence electrons. The van der Waals surface area contributed by atoms with E-state index in [1.165, 1.54) is 12.1 Å². The van der Waals surface area contributed by atoms with E-state index in [0.717, 1.165) is 34.9 Å². The van der Waals surface area contributed by atoms with Crippen LogP contribution >= 0.6 is 0 Å². The van der Waals surface area contributed by atoms with Crippen LogP contribution in [0.5, 0.6) is 0 Å². The Morgan fingerprint density at radius 1 is 1.11 bits per heavy atom. The number of hydrogen-bond acceptors (Lipinski definition) is 4. The molecule has 3 aliphatic rings. The summed E-state index contributed by atoms with van der Waals surface area (Å²) in [7, 11) is 0. The monoisotopic (exact) mass is 515 g/mol. The first-order valence-corrected chi connectivity index (χ1v) is 13.2. The topological polar surface area (TPSA) is 107 Å². The van der Waals surface area contributed by atoms with Crippen LogP contribution in [-0.4, -0.2) is 45.7 Å². The van der Waals surface area contributed by atoms with Gasteiger partial charge >= 0.3 is 0 Å². The third-order valence-corrected chi connectivity index (χ3v) is 7.85. The highest BCUT2D eigenvalue weighted by Gasteiger charge is 2.37. The average Bonchev–Trinajstić information content (AvgIpc) is 3.66. The number of fused-ring (bicyclic) bond motifs is 1. The molecule has 1 saturated carbocycles. The van der Waals surface area contributed by atoms with Crippen LogP contribution in [0, 0.1) is 23.6 Å². The van der Waals surface area contributed by atoms with Crippen LogP contribution in [0.1, 0.15) is 49.8 Å². The van der Waals surface area contributed by atoms with E-state index in [4.69, 9.17) is 0 Å². The van der Waals surface area contributed by atoms with Gasteiger partial charge in [-0.15, -0.1) is 0 Å². The molecule has 3 amide bonds. The minimum absolute atomic E-state index is 0.00391. The molecule has 8 nitrogen and oxygen atoms in total. The zero-order valence-corrected chi connectivity index (χ0v) is 21.2. The number of piperidine rings is 1. The zero-order chi connectivity index (χ0) is 26.4. The molecule has 3 atom stereocenters. The number of aromatic amines is 1. The molecule has 1 saturated heterocycles. The van der Waals surface area contributed by atoms with Crippen LogP contribution in [0.2, 0.25) is 0 Å². The Labute approximate surface area is 219 Å². The molecular formula is C29H30FN5O3. The van der Waals surface area contributed by atoms with Crippen molar-refractivity contribution >= 4 is 40.1 Å². The third-order valence-electron chi connectivity index (χ3n) is 7.85. The average molecular weight is 516 g/mol. The number of pyridine rings is 1. The Kier molecular flexibility index (Phi) is 6.21. The highest BCUT2D eigenvalue weighted by atomic mass is 19.1. The summed E-state index contributed by atoms with van der Waals surface area (Å²) < 4.78 is 13.3. The summed E-state index contributed by atoms with van der Waals surface area (Å²) in [6.07, 6.45) is 6.78. The predicted molar refractivity (Wildman–Crippen MR) is 141 cm³/mol. The Balaban J connectivity index is 1.17. The molecule has 2 aromatic heterocycles. The van der Waals surface area contributed by atoms with Crippen molar-refractivity contribution in [3.05, 3.63) is 65.6 Å². The van der Waals surface area contributed by atoms with Crippen LogP contribution < -0.4 is 10.6 Å². The van der Waals surface area contributed by atoms with Gasteiger partial charge in [0, 0.05) is 30.6 Å². The fourth-order valence-corrected chi connectivity index (χ4v) is 5.59. The number of benzene rings is 1. The van der Waals surface area contributed by atoms with E-state index < -0.39 is 5.92 Å². The number of rotatable bonds is 5. The van der Waals surface area contributed by atoms with Gasteiger partial charge in [0.05, 0.1) is 6.04 Å². The first kappa shape index (κ1) is 24.3. The number of hydrogen-bond donors (Lipinski definition) is 3. The smallest absolute Gasteiger partial charge is 0.235 e. The van der Waals surface area contributed by atoms with Gasteiger partial charge in [-0.25, -0.2) is 9.37 Å². The number of carbonyl (C=O) groups excluding carboxylic acids is 3. The van der Waals surface area contributed by atoms with Crippen molar-refractivity contribution in [1.82, 2.24) is 20.2 Å². The summed E-state index contributed by atoms with van der Waals surface area (Å²) in [5.41, 5.74) is 3.62. The maximum Gasteiger partial charge on any atom is 0.235 e. The zero-order valence-electron chi connectivity index (χ0n) is 21.2. The first-order chi connectivity index (χ1) is 18.4. The van der Waals surface area contributed by atoms with Crippen molar-refractivity contribution in [2.24, 2.45) is 17.8 Å². The largest absolute Gasteiger partial charge is 0.349 e. The van der Waals surface area contributed by atoms with E-state index in [9.17, 15) is 18.8 Å². The number of nitrogens with one attached hydrogen (secondary N) is 3. The lowest BCUT2D eigenvalue weighted by molar-refractivity contribution is -0.144. The molecular weight excluding hydrogens is 485 g/mol. The molecule has 3 unspecified atom stereocenters. The van der Waals surface area contributed by atoms with E-state index in [2.05, 4.69) is 27.5 Å². The highest BCUT2D eigenvalue weighted by Crippen LogP contribution is 2.36. The van der Waals surface area contributed by atoms with Crippen LogP contribution in [0.3, 0.4) is 0 Å². The summed E-state index contributed by atoms with van der Waals surface area (Å²) in [6, 6.07) is 9.77. The first-order valence-electron chi connectivity index (χ1n) is 13.2. The Morgan fingerprint density at radius 3 is 2.61 bits per heavy atom. The van der Waals surface area contributed by atoms with Crippen molar-refractivity contribution in [2.45, 2.75) is 38.6 Å².